The predicted octanol–water partition coefficient (Wildman–Crippen LogP) is 3.16. The normalized spacial score (nSPS) is 21.7. The minimum absolute atomic E-state index is 0.00135. The van der Waals surface area contributed by atoms with Crippen molar-refractivity contribution in [2.24, 2.45) is 5.92 Å². The Morgan fingerprint density at radius 1 is 1.22 bits per heavy atom. The van der Waals surface area contributed by atoms with Crippen molar-refractivity contribution < 1.29 is 9.90 Å². The molecule has 1 saturated carbocycles. The number of nitrogens with one attached hydrogen (secondary N) is 1. The molecule has 0 heterocycles. The number of hydrogen-bond acceptors (Lipinski definition) is 2. The van der Waals surface area contributed by atoms with Gasteiger partial charge >= 0.3 is 6.03 Å². The lowest BCUT2D eigenvalue weighted by molar-refractivity contribution is 0.133. The van der Waals surface area contributed by atoms with Crippen LogP contribution in [0, 0.1) is 5.92 Å². The summed E-state index contributed by atoms with van der Waals surface area (Å²) in [4.78, 5) is 14.3. The standard InChI is InChI=1S/C19H30N2O2/c1-19(2,16-7-5-4-6-8-16)14-20-18(23)21(3)17-11-9-15(13-22)10-12-17/h4-8,15,17,22H,9-14H2,1-3H3,(H,20,23). The zero-order chi connectivity index (χ0) is 16.9. The van der Waals surface area contributed by atoms with E-state index in [-0.39, 0.29) is 24.1 Å². The van der Waals surface area contributed by atoms with Crippen molar-refractivity contribution in [3.05, 3.63) is 35.9 Å². The molecule has 1 aliphatic carbocycles. The van der Waals surface area contributed by atoms with Crippen LogP contribution in [0.3, 0.4) is 0 Å². The van der Waals surface area contributed by atoms with E-state index in [1.807, 2.05) is 30.1 Å². The van der Waals surface area contributed by atoms with Crippen LogP contribution < -0.4 is 5.32 Å². The molecule has 0 bridgehead atoms. The average molecular weight is 318 g/mol. The van der Waals surface area contributed by atoms with Gasteiger partial charge in [-0.1, -0.05) is 44.2 Å². The number of nitrogens with zero attached hydrogens (tertiary/aromatic N) is 1. The first-order valence-corrected chi connectivity index (χ1v) is 8.61. The predicted molar refractivity (Wildman–Crippen MR) is 93.5 cm³/mol. The van der Waals surface area contributed by atoms with Crippen LogP contribution in [0.15, 0.2) is 30.3 Å². The third-order valence-electron chi connectivity index (χ3n) is 5.18. The van der Waals surface area contributed by atoms with Gasteiger partial charge in [-0.15, -0.1) is 0 Å². The summed E-state index contributed by atoms with van der Waals surface area (Å²) < 4.78 is 0. The van der Waals surface area contributed by atoms with Crippen molar-refractivity contribution in [2.45, 2.75) is 51.0 Å². The van der Waals surface area contributed by atoms with E-state index in [9.17, 15) is 9.90 Å². The zero-order valence-corrected chi connectivity index (χ0v) is 14.6. The average Bonchev–Trinajstić information content (AvgIpc) is 2.60. The zero-order valence-electron chi connectivity index (χ0n) is 14.6. The molecule has 0 aromatic heterocycles. The summed E-state index contributed by atoms with van der Waals surface area (Å²) in [7, 11) is 1.88. The number of hydrogen-bond donors (Lipinski definition) is 2. The first-order valence-electron chi connectivity index (χ1n) is 8.61. The summed E-state index contributed by atoms with van der Waals surface area (Å²) in [6, 6.07) is 10.6. The van der Waals surface area contributed by atoms with Gasteiger partial charge in [0.25, 0.3) is 0 Å². The quantitative estimate of drug-likeness (QED) is 0.876. The van der Waals surface area contributed by atoms with Crippen molar-refractivity contribution in [3.8, 4) is 0 Å². The van der Waals surface area contributed by atoms with Crippen LogP contribution in [0.2, 0.25) is 0 Å². The van der Waals surface area contributed by atoms with Gasteiger partial charge < -0.3 is 15.3 Å². The highest BCUT2D eigenvalue weighted by atomic mass is 16.3. The van der Waals surface area contributed by atoms with E-state index >= 15 is 0 Å². The summed E-state index contributed by atoms with van der Waals surface area (Å²) in [6.07, 6.45) is 3.98. The van der Waals surface area contributed by atoms with Gasteiger partial charge in [0.2, 0.25) is 0 Å². The monoisotopic (exact) mass is 318 g/mol. The van der Waals surface area contributed by atoms with Crippen LogP contribution in [0.4, 0.5) is 4.79 Å². The molecule has 0 spiro atoms. The fraction of sp³-hybridized carbons (Fsp3) is 0.632. The molecule has 0 aliphatic heterocycles. The van der Waals surface area contributed by atoms with Crippen LogP contribution in [0.5, 0.6) is 0 Å². The van der Waals surface area contributed by atoms with Crippen molar-refractivity contribution >= 4 is 6.03 Å². The van der Waals surface area contributed by atoms with Crippen molar-refractivity contribution in [1.82, 2.24) is 10.2 Å². The van der Waals surface area contributed by atoms with Crippen LogP contribution >= 0.6 is 0 Å². The number of aliphatic hydroxyl groups is 1. The highest BCUT2D eigenvalue weighted by Crippen LogP contribution is 2.27. The largest absolute Gasteiger partial charge is 0.396 e. The topological polar surface area (TPSA) is 52.6 Å². The third kappa shape index (κ3) is 4.71. The molecule has 1 aromatic rings. The number of urea groups is 1. The molecular formula is C19H30N2O2. The lowest BCUT2D eigenvalue weighted by Crippen LogP contribution is -2.48. The molecule has 2 N–H and O–H groups in total. The molecule has 0 atom stereocenters. The summed E-state index contributed by atoms with van der Waals surface area (Å²) in [5.41, 5.74) is 1.14. The molecule has 0 radical (unpaired) electrons. The summed E-state index contributed by atoms with van der Waals surface area (Å²) in [6.45, 7) is 5.18. The summed E-state index contributed by atoms with van der Waals surface area (Å²) in [5, 5.41) is 12.3. The Morgan fingerprint density at radius 3 is 2.39 bits per heavy atom. The maximum absolute atomic E-state index is 12.4. The first kappa shape index (κ1) is 17.8. The van der Waals surface area contributed by atoms with Crippen LogP contribution in [-0.2, 0) is 5.41 Å². The summed E-state index contributed by atoms with van der Waals surface area (Å²) >= 11 is 0. The van der Waals surface area contributed by atoms with Gasteiger partial charge in [0.05, 0.1) is 0 Å². The summed E-state index contributed by atoms with van der Waals surface area (Å²) in [5.74, 6) is 0.416. The molecule has 0 unspecified atom stereocenters. The molecule has 128 valence electrons. The Balaban J connectivity index is 1.84. The van der Waals surface area contributed by atoms with E-state index in [2.05, 4.69) is 31.3 Å². The number of rotatable bonds is 5. The molecule has 4 nitrogen and oxygen atoms in total. The molecular weight excluding hydrogens is 288 g/mol. The van der Waals surface area contributed by atoms with Gasteiger partial charge in [0.15, 0.2) is 0 Å². The Labute approximate surface area is 139 Å². The van der Waals surface area contributed by atoms with Gasteiger partial charge in [-0.3, -0.25) is 0 Å². The first-order chi connectivity index (χ1) is 10.9. The van der Waals surface area contributed by atoms with Crippen molar-refractivity contribution in [3.63, 3.8) is 0 Å². The van der Waals surface area contributed by atoms with Gasteiger partial charge in [-0.2, -0.15) is 0 Å². The molecule has 0 saturated heterocycles. The second-order valence-electron chi connectivity index (χ2n) is 7.38. The van der Waals surface area contributed by atoms with E-state index in [1.54, 1.807) is 0 Å². The Morgan fingerprint density at radius 2 is 1.83 bits per heavy atom. The highest BCUT2D eigenvalue weighted by Gasteiger charge is 2.27. The van der Waals surface area contributed by atoms with E-state index in [4.69, 9.17) is 0 Å². The number of carbonyl (C=O) groups is 1. The minimum atomic E-state index is -0.0910. The lowest BCUT2D eigenvalue weighted by Gasteiger charge is -2.35. The second-order valence-corrected chi connectivity index (χ2v) is 7.38. The SMILES string of the molecule is CN(C(=O)NCC(C)(C)c1ccccc1)C1CCC(CO)CC1. The second kappa shape index (κ2) is 7.82. The maximum atomic E-state index is 12.4. The van der Waals surface area contributed by atoms with Gasteiger partial charge in [-0.25, -0.2) is 4.79 Å². The van der Waals surface area contributed by atoms with Crippen LogP contribution in [0.1, 0.15) is 45.1 Å². The molecule has 1 fully saturated rings. The molecule has 4 heteroatoms. The van der Waals surface area contributed by atoms with Crippen molar-refractivity contribution in [1.29, 1.82) is 0 Å². The Bertz CT molecular complexity index is 493. The lowest BCUT2D eigenvalue weighted by atomic mass is 9.84. The van der Waals surface area contributed by atoms with Crippen LogP contribution in [0.25, 0.3) is 0 Å². The fourth-order valence-corrected chi connectivity index (χ4v) is 3.29. The van der Waals surface area contributed by atoms with E-state index in [0.717, 1.165) is 25.7 Å². The number of benzene rings is 1. The van der Waals surface area contributed by atoms with Crippen molar-refractivity contribution in [2.75, 3.05) is 20.2 Å². The van der Waals surface area contributed by atoms with Gasteiger partial charge in [0, 0.05) is 31.7 Å². The van der Waals surface area contributed by atoms with E-state index in [1.165, 1.54) is 5.56 Å². The molecule has 23 heavy (non-hydrogen) atoms. The number of aliphatic hydroxyl groups excluding tert-OH is 1. The van der Waals surface area contributed by atoms with E-state index in [0.29, 0.717) is 12.5 Å². The molecule has 1 aliphatic rings. The highest BCUT2D eigenvalue weighted by molar-refractivity contribution is 5.74. The van der Waals surface area contributed by atoms with E-state index < -0.39 is 0 Å². The number of carbonyl (C=O) groups excluding carboxylic acids is 1. The maximum Gasteiger partial charge on any atom is 0.317 e. The smallest absolute Gasteiger partial charge is 0.317 e. The number of amides is 2. The van der Waals surface area contributed by atoms with Gasteiger partial charge in [-0.05, 0) is 37.2 Å². The Hall–Kier alpha value is -1.55. The van der Waals surface area contributed by atoms with Crippen LogP contribution in [-0.4, -0.2) is 42.3 Å². The fourth-order valence-electron chi connectivity index (χ4n) is 3.29. The Kier molecular flexibility index (Phi) is 6.05. The molecule has 2 amide bonds. The minimum Gasteiger partial charge on any atom is -0.396 e. The third-order valence-corrected chi connectivity index (χ3v) is 5.18. The molecule has 2 rings (SSSR count). The van der Waals surface area contributed by atoms with Gasteiger partial charge in [0.1, 0.15) is 0 Å². The molecule has 1 aromatic carbocycles.